The monoisotopic (exact) mass is 233 g/mol. The van der Waals surface area contributed by atoms with Crippen LogP contribution in [0.3, 0.4) is 0 Å². The van der Waals surface area contributed by atoms with Crippen molar-refractivity contribution < 1.29 is 14.3 Å². The lowest BCUT2D eigenvalue weighted by Gasteiger charge is -2.01. The summed E-state index contributed by atoms with van der Waals surface area (Å²) in [6.45, 7) is 1.12. The van der Waals surface area contributed by atoms with Crippen molar-refractivity contribution in [3.63, 3.8) is 0 Å². The fourth-order valence-electron chi connectivity index (χ4n) is 0.750. The number of esters is 2. The summed E-state index contributed by atoms with van der Waals surface area (Å²) in [4.78, 5) is 25.3. The molecular weight excluding hydrogens is 229 g/mol. The zero-order valence-corrected chi connectivity index (χ0v) is 8.59. The maximum absolute atomic E-state index is 11.2. The minimum Gasteiger partial charge on any atom is -0.390 e. The zero-order chi connectivity index (χ0) is 10.7. The quantitative estimate of drug-likeness (QED) is 0.424. The number of hydrogen-bond donors (Lipinski definition) is 0. The van der Waals surface area contributed by atoms with E-state index in [0.717, 1.165) is 6.92 Å². The predicted molar refractivity (Wildman–Crippen MR) is 50.4 cm³/mol. The van der Waals surface area contributed by atoms with E-state index in [1.54, 1.807) is 0 Å². The number of nitrogens with zero attached hydrogens (tertiary/aromatic N) is 1. The first-order valence-electron chi connectivity index (χ1n) is 3.55. The van der Waals surface area contributed by atoms with Crippen molar-refractivity contribution in [3.8, 4) is 0 Å². The molecule has 74 valence electrons. The molecular formula is C8H5Cl2NO3. The van der Waals surface area contributed by atoms with Gasteiger partial charge in [0.05, 0.1) is 5.56 Å². The number of pyridine rings is 1. The average molecular weight is 234 g/mol. The molecule has 0 N–H and O–H groups in total. The van der Waals surface area contributed by atoms with Crippen LogP contribution in [0, 0.1) is 0 Å². The van der Waals surface area contributed by atoms with Gasteiger partial charge in [-0.3, -0.25) is 4.79 Å². The van der Waals surface area contributed by atoms with E-state index in [9.17, 15) is 9.59 Å². The molecule has 0 aliphatic heterocycles. The Hall–Kier alpha value is -1.13. The minimum atomic E-state index is -0.841. The fourth-order valence-corrected chi connectivity index (χ4v) is 1.17. The highest BCUT2D eigenvalue weighted by Gasteiger charge is 2.14. The van der Waals surface area contributed by atoms with Crippen LogP contribution >= 0.6 is 23.2 Å². The number of rotatable bonds is 1. The normalized spacial score (nSPS) is 9.64. The Balaban J connectivity index is 2.96. The van der Waals surface area contributed by atoms with Gasteiger partial charge in [-0.05, 0) is 12.1 Å². The SMILES string of the molecule is CC(=O)OC(=O)c1ccc(Cl)nc1Cl. The second-order valence-corrected chi connectivity index (χ2v) is 3.10. The van der Waals surface area contributed by atoms with Crippen molar-refractivity contribution in [2.24, 2.45) is 0 Å². The topological polar surface area (TPSA) is 56.3 Å². The van der Waals surface area contributed by atoms with E-state index in [1.807, 2.05) is 0 Å². The van der Waals surface area contributed by atoms with E-state index >= 15 is 0 Å². The van der Waals surface area contributed by atoms with Crippen LogP contribution in [-0.4, -0.2) is 16.9 Å². The number of hydrogen-bond acceptors (Lipinski definition) is 4. The Morgan fingerprint density at radius 1 is 1.36 bits per heavy atom. The summed E-state index contributed by atoms with van der Waals surface area (Å²) >= 11 is 11.1. The Morgan fingerprint density at radius 2 is 2.00 bits per heavy atom. The molecule has 6 heteroatoms. The average Bonchev–Trinajstić information content (AvgIpc) is 2.01. The summed E-state index contributed by atoms with van der Waals surface area (Å²) in [6.07, 6.45) is 0. The minimum absolute atomic E-state index is 0.00580. The van der Waals surface area contributed by atoms with Crippen molar-refractivity contribution in [3.05, 3.63) is 28.0 Å². The predicted octanol–water partition coefficient (Wildman–Crippen LogP) is 2.09. The van der Waals surface area contributed by atoms with Crippen LogP contribution in [0.1, 0.15) is 17.3 Å². The first kappa shape index (κ1) is 10.9. The molecule has 0 amide bonds. The van der Waals surface area contributed by atoms with Gasteiger partial charge in [-0.1, -0.05) is 23.2 Å². The molecule has 0 fully saturated rings. The van der Waals surface area contributed by atoms with Crippen LogP contribution in [0.25, 0.3) is 0 Å². The highest BCUT2D eigenvalue weighted by molar-refractivity contribution is 6.34. The Kier molecular flexibility index (Phi) is 3.43. The molecule has 0 bridgehead atoms. The van der Waals surface area contributed by atoms with Crippen LogP contribution in [0.5, 0.6) is 0 Å². The maximum Gasteiger partial charge on any atom is 0.348 e. The second kappa shape index (κ2) is 4.39. The summed E-state index contributed by atoms with van der Waals surface area (Å²) < 4.78 is 4.31. The van der Waals surface area contributed by atoms with E-state index in [0.29, 0.717) is 0 Å². The van der Waals surface area contributed by atoms with Crippen molar-refractivity contribution in [1.82, 2.24) is 4.98 Å². The summed E-state index contributed by atoms with van der Waals surface area (Å²) in [6, 6.07) is 2.72. The Morgan fingerprint density at radius 3 is 2.50 bits per heavy atom. The van der Waals surface area contributed by atoms with Crippen LogP contribution in [-0.2, 0) is 9.53 Å². The van der Waals surface area contributed by atoms with Crippen molar-refractivity contribution in [2.75, 3.05) is 0 Å². The summed E-state index contributed by atoms with van der Waals surface area (Å²) in [7, 11) is 0. The van der Waals surface area contributed by atoms with Gasteiger partial charge in [-0.25, -0.2) is 9.78 Å². The molecule has 1 rings (SSSR count). The van der Waals surface area contributed by atoms with Crippen molar-refractivity contribution >= 4 is 35.1 Å². The molecule has 0 aliphatic carbocycles. The first-order chi connectivity index (χ1) is 6.50. The Bertz CT molecular complexity index is 392. The fraction of sp³-hybridized carbons (Fsp3) is 0.125. The molecule has 0 aliphatic rings. The molecule has 0 unspecified atom stereocenters. The van der Waals surface area contributed by atoms with E-state index in [-0.39, 0.29) is 15.9 Å². The number of carbonyl (C=O) groups excluding carboxylic acids is 2. The third-order valence-corrected chi connectivity index (χ3v) is 1.77. The molecule has 1 heterocycles. The van der Waals surface area contributed by atoms with E-state index in [1.165, 1.54) is 12.1 Å². The van der Waals surface area contributed by atoms with Gasteiger partial charge in [0, 0.05) is 6.92 Å². The second-order valence-electron chi connectivity index (χ2n) is 2.35. The molecule has 0 spiro atoms. The summed E-state index contributed by atoms with van der Waals surface area (Å²) in [5.41, 5.74) is 0.00580. The third-order valence-electron chi connectivity index (χ3n) is 1.27. The number of carbonyl (C=O) groups is 2. The lowest BCUT2D eigenvalue weighted by molar-refractivity contribution is -0.135. The van der Waals surface area contributed by atoms with Gasteiger partial charge in [0.15, 0.2) is 0 Å². The number of aromatic nitrogens is 1. The van der Waals surface area contributed by atoms with E-state index in [4.69, 9.17) is 23.2 Å². The smallest absolute Gasteiger partial charge is 0.348 e. The van der Waals surface area contributed by atoms with E-state index < -0.39 is 11.9 Å². The standard InChI is InChI=1S/C8H5Cl2NO3/c1-4(12)14-8(13)5-2-3-6(9)11-7(5)10/h2-3H,1H3. The molecule has 14 heavy (non-hydrogen) atoms. The van der Waals surface area contributed by atoms with Gasteiger partial charge in [0.25, 0.3) is 0 Å². The summed E-state index contributed by atoms with van der Waals surface area (Å²) in [5.74, 6) is -1.55. The van der Waals surface area contributed by atoms with Gasteiger partial charge in [0.2, 0.25) is 0 Å². The highest BCUT2D eigenvalue weighted by Crippen LogP contribution is 2.17. The summed E-state index contributed by atoms with van der Waals surface area (Å²) in [5, 5.41) is 0.0677. The maximum atomic E-state index is 11.2. The van der Waals surface area contributed by atoms with Crippen LogP contribution in [0.4, 0.5) is 0 Å². The van der Waals surface area contributed by atoms with Gasteiger partial charge < -0.3 is 4.74 Å². The molecule has 1 aromatic rings. The van der Waals surface area contributed by atoms with Crippen LogP contribution in [0.2, 0.25) is 10.3 Å². The largest absolute Gasteiger partial charge is 0.390 e. The van der Waals surface area contributed by atoms with Gasteiger partial charge in [0.1, 0.15) is 10.3 Å². The first-order valence-corrected chi connectivity index (χ1v) is 4.31. The van der Waals surface area contributed by atoms with Crippen LogP contribution < -0.4 is 0 Å². The third kappa shape index (κ3) is 2.68. The molecule has 0 aromatic carbocycles. The van der Waals surface area contributed by atoms with Gasteiger partial charge in [-0.2, -0.15) is 0 Å². The molecule has 1 aromatic heterocycles. The van der Waals surface area contributed by atoms with Crippen molar-refractivity contribution in [2.45, 2.75) is 6.92 Å². The van der Waals surface area contributed by atoms with Crippen molar-refractivity contribution in [1.29, 1.82) is 0 Å². The molecule has 0 atom stereocenters. The zero-order valence-electron chi connectivity index (χ0n) is 7.08. The number of ether oxygens (including phenoxy) is 1. The van der Waals surface area contributed by atoms with Gasteiger partial charge in [-0.15, -0.1) is 0 Å². The molecule has 0 saturated carbocycles. The molecule has 4 nitrogen and oxygen atoms in total. The van der Waals surface area contributed by atoms with Gasteiger partial charge >= 0.3 is 11.9 Å². The van der Waals surface area contributed by atoms with E-state index in [2.05, 4.69) is 9.72 Å². The van der Waals surface area contributed by atoms with Crippen LogP contribution in [0.15, 0.2) is 12.1 Å². The lowest BCUT2D eigenvalue weighted by atomic mass is 10.3. The highest BCUT2D eigenvalue weighted by atomic mass is 35.5. The Labute approximate surface area is 89.8 Å². The lowest BCUT2D eigenvalue weighted by Crippen LogP contribution is -2.10. The number of halogens is 2. The molecule has 0 radical (unpaired) electrons. The molecule has 0 saturated heterocycles.